The number of methoxy groups -OCH3 is 1. The first-order valence-electron chi connectivity index (χ1n) is 9.58. The van der Waals surface area contributed by atoms with E-state index in [2.05, 4.69) is 48.3 Å². The predicted molar refractivity (Wildman–Crippen MR) is 110 cm³/mol. The van der Waals surface area contributed by atoms with Crippen LogP contribution in [0.3, 0.4) is 0 Å². The Balaban J connectivity index is 2.58. The molecule has 0 radical (unpaired) electrons. The van der Waals surface area contributed by atoms with E-state index in [1.807, 2.05) is 24.3 Å². The molecule has 148 valence electrons. The van der Waals surface area contributed by atoms with E-state index in [-0.39, 0.29) is 0 Å². The Kier molecular flexibility index (Phi) is 11.5. The van der Waals surface area contributed by atoms with Crippen LogP contribution in [0.1, 0.15) is 33.6 Å². The van der Waals surface area contributed by atoms with E-state index in [1.54, 1.807) is 7.11 Å². The summed E-state index contributed by atoms with van der Waals surface area (Å²) >= 11 is 0. The molecule has 0 aliphatic rings. The average Bonchev–Trinajstić information content (AvgIpc) is 2.65. The van der Waals surface area contributed by atoms with E-state index in [1.165, 1.54) is 0 Å². The van der Waals surface area contributed by atoms with Gasteiger partial charge >= 0.3 is 0 Å². The van der Waals surface area contributed by atoms with Crippen LogP contribution in [0, 0.1) is 0 Å². The minimum absolute atomic E-state index is 0.577. The zero-order valence-corrected chi connectivity index (χ0v) is 17.0. The second kappa shape index (κ2) is 13.4. The van der Waals surface area contributed by atoms with Crippen LogP contribution in [0.4, 0.5) is 5.69 Å². The number of nitrogens with zero attached hydrogens (tertiary/aromatic N) is 2. The van der Waals surface area contributed by atoms with Gasteiger partial charge in [-0.2, -0.15) is 0 Å². The summed E-state index contributed by atoms with van der Waals surface area (Å²) in [6, 6.07) is 8.52. The monoisotopic (exact) mass is 364 g/mol. The van der Waals surface area contributed by atoms with Gasteiger partial charge in [0.1, 0.15) is 5.75 Å². The van der Waals surface area contributed by atoms with Crippen molar-refractivity contribution in [3.63, 3.8) is 0 Å². The van der Waals surface area contributed by atoms with Gasteiger partial charge in [0, 0.05) is 51.0 Å². The lowest BCUT2D eigenvalue weighted by Crippen LogP contribution is -2.33. The zero-order chi connectivity index (χ0) is 19.2. The Morgan fingerprint density at radius 3 is 2.77 bits per heavy atom. The molecular formula is C20H36N4O2. The first-order valence-corrected chi connectivity index (χ1v) is 9.58. The maximum absolute atomic E-state index is 5.75. The highest BCUT2D eigenvalue weighted by Crippen LogP contribution is 2.17. The molecule has 1 unspecified atom stereocenters. The predicted octanol–water partition coefficient (Wildman–Crippen LogP) is 3.21. The van der Waals surface area contributed by atoms with E-state index in [0.717, 1.165) is 49.9 Å². The molecule has 0 amide bonds. The molecular weight excluding hydrogens is 328 g/mol. The van der Waals surface area contributed by atoms with Crippen LogP contribution >= 0.6 is 0 Å². The van der Waals surface area contributed by atoms with Crippen LogP contribution in [0.15, 0.2) is 29.3 Å². The summed E-state index contributed by atoms with van der Waals surface area (Å²) in [6.07, 6.45) is 2.03. The number of hydrogen-bond donors (Lipinski definition) is 2. The van der Waals surface area contributed by atoms with Crippen LogP contribution in [-0.2, 0) is 4.74 Å². The van der Waals surface area contributed by atoms with Gasteiger partial charge < -0.3 is 25.0 Å². The van der Waals surface area contributed by atoms with Crippen molar-refractivity contribution >= 4 is 11.6 Å². The second-order valence-corrected chi connectivity index (χ2v) is 6.35. The third kappa shape index (κ3) is 9.06. The molecule has 1 rings (SSSR count). The van der Waals surface area contributed by atoms with Crippen molar-refractivity contribution in [3.8, 4) is 5.75 Å². The van der Waals surface area contributed by atoms with Gasteiger partial charge in [-0.05, 0) is 39.4 Å². The van der Waals surface area contributed by atoms with E-state index in [9.17, 15) is 0 Å². The lowest BCUT2D eigenvalue weighted by molar-refractivity contribution is 0.172. The average molecular weight is 365 g/mol. The van der Waals surface area contributed by atoms with Gasteiger partial charge in [0.25, 0.3) is 0 Å². The van der Waals surface area contributed by atoms with Crippen LogP contribution in [0.5, 0.6) is 5.75 Å². The Morgan fingerprint density at radius 2 is 2.08 bits per heavy atom. The van der Waals surface area contributed by atoms with E-state index in [4.69, 9.17) is 9.47 Å². The largest absolute Gasteiger partial charge is 0.493 e. The fourth-order valence-corrected chi connectivity index (χ4v) is 2.35. The minimum Gasteiger partial charge on any atom is -0.493 e. The van der Waals surface area contributed by atoms with E-state index in [0.29, 0.717) is 19.3 Å². The van der Waals surface area contributed by atoms with Crippen LogP contribution in [0.25, 0.3) is 0 Å². The van der Waals surface area contributed by atoms with Gasteiger partial charge in [-0.3, -0.25) is 4.99 Å². The summed E-state index contributed by atoms with van der Waals surface area (Å²) in [7, 11) is 3.85. The molecule has 0 saturated carbocycles. The standard InChI is InChI=1S/C20H36N4O2/c1-6-17(3)24(4)13-12-22-20(21-7-2)23-18-10-8-11-19(16-18)26-15-9-14-25-5/h8,10-11,16-17H,6-7,9,12-15H2,1-5H3,(H2,21,22,23). The molecule has 0 aliphatic heterocycles. The molecule has 0 aromatic heterocycles. The smallest absolute Gasteiger partial charge is 0.195 e. The molecule has 0 aliphatic carbocycles. The number of rotatable bonds is 12. The molecule has 0 bridgehead atoms. The Bertz CT molecular complexity index is 522. The number of ether oxygens (including phenoxy) is 2. The van der Waals surface area contributed by atoms with Crippen molar-refractivity contribution in [3.05, 3.63) is 24.3 Å². The third-order valence-electron chi connectivity index (χ3n) is 4.27. The van der Waals surface area contributed by atoms with Crippen molar-refractivity contribution in [1.29, 1.82) is 0 Å². The number of hydrogen-bond acceptors (Lipinski definition) is 4. The molecule has 1 aromatic carbocycles. The molecule has 0 fully saturated rings. The Morgan fingerprint density at radius 1 is 1.27 bits per heavy atom. The highest BCUT2D eigenvalue weighted by atomic mass is 16.5. The first-order chi connectivity index (χ1) is 12.6. The summed E-state index contributed by atoms with van der Waals surface area (Å²) in [4.78, 5) is 7.01. The van der Waals surface area contributed by atoms with Crippen molar-refractivity contribution in [2.24, 2.45) is 4.99 Å². The summed E-state index contributed by atoms with van der Waals surface area (Å²) in [5, 5.41) is 6.64. The lowest BCUT2D eigenvalue weighted by atomic mass is 10.2. The molecule has 1 aromatic rings. The Labute approximate surface area is 159 Å². The quantitative estimate of drug-likeness (QED) is 0.339. The summed E-state index contributed by atoms with van der Waals surface area (Å²) in [6.45, 7) is 10.4. The van der Waals surface area contributed by atoms with Crippen molar-refractivity contribution in [1.82, 2.24) is 10.2 Å². The van der Waals surface area contributed by atoms with Crippen molar-refractivity contribution in [2.45, 2.75) is 39.7 Å². The van der Waals surface area contributed by atoms with Crippen LogP contribution in [-0.4, -0.2) is 63.9 Å². The van der Waals surface area contributed by atoms with Gasteiger partial charge in [0.2, 0.25) is 0 Å². The first kappa shape index (κ1) is 22.3. The maximum atomic E-state index is 5.75. The molecule has 6 nitrogen and oxygen atoms in total. The van der Waals surface area contributed by atoms with Crippen LogP contribution in [0.2, 0.25) is 0 Å². The van der Waals surface area contributed by atoms with Crippen molar-refractivity contribution in [2.75, 3.05) is 52.3 Å². The number of anilines is 1. The molecule has 0 heterocycles. The number of likely N-dealkylation sites (N-methyl/N-ethyl adjacent to an activating group) is 1. The van der Waals surface area contributed by atoms with E-state index >= 15 is 0 Å². The fraction of sp³-hybridized carbons (Fsp3) is 0.650. The SMILES string of the molecule is CCNC(=NCCN(C)C(C)CC)Nc1cccc(OCCCOC)c1. The number of nitrogens with one attached hydrogen (secondary N) is 2. The normalized spacial score (nSPS) is 12.9. The number of guanidine groups is 1. The highest BCUT2D eigenvalue weighted by Gasteiger charge is 2.06. The highest BCUT2D eigenvalue weighted by molar-refractivity contribution is 5.93. The second-order valence-electron chi connectivity index (χ2n) is 6.35. The minimum atomic E-state index is 0.577. The Hall–Kier alpha value is -1.79. The van der Waals surface area contributed by atoms with Gasteiger partial charge in [-0.15, -0.1) is 0 Å². The maximum Gasteiger partial charge on any atom is 0.195 e. The molecule has 1 atom stereocenters. The fourth-order valence-electron chi connectivity index (χ4n) is 2.35. The van der Waals surface area contributed by atoms with Gasteiger partial charge in [0.15, 0.2) is 5.96 Å². The number of benzene rings is 1. The van der Waals surface area contributed by atoms with Crippen molar-refractivity contribution < 1.29 is 9.47 Å². The van der Waals surface area contributed by atoms with Gasteiger partial charge in [0.05, 0.1) is 13.2 Å². The lowest BCUT2D eigenvalue weighted by Gasteiger charge is -2.22. The van der Waals surface area contributed by atoms with Crippen LogP contribution < -0.4 is 15.4 Å². The number of aliphatic imine (C=N–C) groups is 1. The molecule has 2 N–H and O–H groups in total. The molecule has 26 heavy (non-hydrogen) atoms. The summed E-state index contributed by atoms with van der Waals surface area (Å²) in [5.41, 5.74) is 0.962. The molecule has 6 heteroatoms. The zero-order valence-electron chi connectivity index (χ0n) is 17.0. The molecule has 0 spiro atoms. The third-order valence-corrected chi connectivity index (χ3v) is 4.27. The van der Waals surface area contributed by atoms with E-state index < -0.39 is 0 Å². The topological polar surface area (TPSA) is 58.1 Å². The van der Waals surface area contributed by atoms with Gasteiger partial charge in [-0.25, -0.2) is 0 Å². The summed E-state index contributed by atoms with van der Waals surface area (Å²) in [5.74, 6) is 1.64. The van der Waals surface area contributed by atoms with Gasteiger partial charge in [-0.1, -0.05) is 13.0 Å². The molecule has 0 saturated heterocycles. The summed E-state index contributed by atoms with van der Waals surface area (Å²) < 4.78 is 10.8.